The number of anilines is 1. The van der Waals surface area contributed by atoms with Crippen molar-refractivity contribution in [2.75, 3.05) is 44.2 Å². The van der Waals surface area contributed by atoms with Gasteiger partial charge in [-0.1, -0.05) is 33.8 Å². The zero-order chi connectivity index (χ0) is 43.8. The van der Waals surface area contributed by atoms with Crippen LogP contribution in [0.1, 0.15) is 103 Å². The molecule has 3 aromatic heterocycles. The van der Waals surface area contributed by atoms with Crippen LogP contribution in [0.2, 0.25) is 0 Å². The number of rotatable bonds is 13. The first-order chi connectivity index (χ1) is 28.9. The quantitative estimate of drug-likeness (QED) is 0.111. The summed E-state index contributed by atoms with van der Waals surface area (Å²) in [5.74, 6) is -1.31. The third-order valence-corrected chi connectivity index (χ3v) is 13.1. The van der Waals surface area contributed by atoms with Crippen LogP contribution in [0, 0.1) is 5.41 Å². The largest absolute Gasteiger partial charge is 0.480 e. The number of piperazine rings is 1. The number of aromatic nitrogens is 3. The molecular formula is C46H64N8O6S. The van der Waals surface area contributed by atoms with Crippen molar-refractivity contribution in [2.24, 2.45) is 5.41 Å². The summed E-state index contributed by atoms with van der Waals surface area (Å²) in [5, 5.41) is 28.0. The molecule has 3 atom stereocenters. The molecule has 0 saturated carbocycles. The van der Waals surface area contributed by atoms with Gasteiger partial charge in [0.15, 0.2) is 0 Å². The fourth-order valence-corrected chi connectivity index (χ4v) is 9.97. The first kappa shape index (κ1) is 44.5. The highest BCUT2D eigenvalue weighted by Crippen LogP contribution is 2.43. The van der Waals surface area contributed by atoms with Gasteiger partial charge in [0.1, 0.15) is 17.7 Å². The van der Waals surface area contributed by atoms with Crippen molar-refractivity contribution in [2.45, 2.75) is 130 Å². The molecule has 7 rings (SSSR count). The van der Waals surface area contributed by atoms with Crippen LogP contribution in [0.3, 0.4) is 0 Å². The summed E-state index contributed by atoms with van der Waals surface area (Å²) in [6.07, 6.45) is 5.45. The van der Waals surface area contributed by atoms with Crippen molar-refractivity contribution in [3.8, 4) is 22.5 Å². The van der Waals surface area contributed by atoms with Crippen LogP contribution in [0.25, 0.3) is 33.4 Å². The van der Waals surface area contributed by atoms with Gasteiger partial charge in [0.25, 0.3) is 5.91 Å². The number of carbonyl (C=O) groups is 3. The molecule has 15 heteroatoms. The van der Waals surface area contributed by atoms with E-state index in [0.717, 1.165) is 76.5 Å². The molecule has 0 aliphatic carbocycles. The molecule has 14 nitrogen and oxygen atoms in total. The van der Waals surface area contributed by atoms with Gasteiger partial charge < -0.3 is 29.7 Å². The Morgan fingerprint density at radius 3 is 2.52 bits per heavy atom. The fraction of sp³-hybridized carbons (Fsp3) is 0.587. The van der Waals surface area contributed by atoms with E-state index in [1.165, 1.54) is 35.7 Å². The molecule has 2 amide bonds. The van der Waals surface area contributed by atoms with Crippen molar-refractivity contribution < 1.29 is 29.3 Å². The maximum Gasteiger partial charge on any atom is 0.408 e. The lowest BCUT2D eigenvalue weighted by molar-refractivity contribution is -0.147. The Labute approximate surface area is 363 Å². The zero-order valence-corrected chi connectivity index (χ0v) is 37.9. The van der Waals surface area contributed by atoms with E-state index < -0.39 is 41.1 Å². The summed E-state index contributed by atoms with van der Waals surface area (Å²) in [6, 6.07) is 7.44. The molecule has 3 saturated heterocycles. The van der Waals surface area contributed by atoms with Gasteiger partial charge in [0.05, 0.1) is 34.0 Å². The number of hydrogen-bond acceptors (Lipinski definition) is 11. The smallest absolute Gasteiger partial charge is 0.408 e. The second-order valence-corrected chi connectivity index (χ2v) is 20.0. The van der Waals surface area contributed by atoms with Gasteiger partial charge in [-0.25, -0.2) is 15.2 Å². The molecule has 0 radical (unpaired) electrons. The van der Waals surface area contributed by atoms with Crippen LogP contribution in [-0.4, -0.2) is 116 Å². The van der Waals surface area contributed by atoms with Gasteiger partial charge in [-0.2, -0.15) is 0 Å². The summed E-state index contributed by atoms with van der Waals surface area (Å²) >= 11 is 1.40. The average molecular weight is 857 g/mol. The number of nitrogens with one attached hydrogen (secondary N) is 2. The fourth-order valence-electron chi connectivity index (χ4n) is 9.12. The maximum atomic E-state index is 13.9. The van der Waals surface area contributed by atoms with E-state index in [0.29, 0.717) is 36.9 Å². The number of fused-ring (bicyclic) bond motifs is 2. The van der Waals surface area contributed by atoms with Crippen molar-refractivity contribution in [1.82, 2.24) is 35.2 Å². The van der Waals surface area contributed by atoms with Gasteiger partial charge >= 0.3 is 12.1 Å². The molecular weight excluding hydrogens is 793 g/mol. The Kier molecular flexibility index (Phi) is 13.2. The Hall–Kier alpha value is -4.57. The molecule has 61 heavy (non-hydrogen) atoms. The number of amides is 2. The highest BCUT2D eigenvalue weighted by atomic mass is 32.1. The number of pyridine rings is 1. The minimum absolute atomic E-state index is 0.0303. The lowest BCUT2D eigenvalue weighted by Gasteiger charge is -2.39. The van der Waals surface area contributed by atoms with Crippen LogP contribution in [0.4, 0.5) is 10.5 Å². The number of aliphatic hydroxyl groups excluding tert-OH is 1. The monoisotopic (exact) mass is 856 g/mol. The number of benzene rings is 1. The molecule has 0 unspecified atom stereocenters. The number of ether oxygens (including phenoxy) is 1. The first-order valence-electron chi connectivity index (χ1n) is 21.9. The van der Waals surface area contributed by atoms with Crippen LogP contribution in [-0.2, 0) is 33.7 Å². The molecule has 4 aromatic rings. The standard InChI is InChI=1S/C46H64N8O6S/c1-9-53-38-15-14-29(37-26-61-39(48-37)22-36(49-44(59)60-45(4,5)6)42(56)54-17-11-13-35(50-54)43(57)58)20-32(38)34(23-46(7,8)27-55)41(53)33-21-31(24-47-40(33)28(2)3)52-19-18-51-16-10-12-30(51)25-52/h14-15,20-21,24,26,28,30,35-36,50,55H,9-13,16-19,22-23,25,27H2,1-8H3,(H,49,59)(H,57,58)/t30-,35+,36+/m1/s1. The number of aliphatic carboxylic acids is 1. The Morgan fingerprint density at radius 1 is 1.05 bits per heavy atom. The van der Waals surface area contributed by atoms with Crippen molar-refractivity contribution in [3.05, 3.63) is 52.1 Å². The molecule has 0 spiro atoms. The molecule has 3 fully saturated rings. The zero-order valence-electron chi connectivity index (χ0n) is 37.1. The van der Waals surface area contributed by atoms with E-state index in [9.17, 15) is 24.6 Å². The summed E-state index contributed by atoms with van der Waals surface area (Å²) < 4.78 is 7.92. The van der Waals surface area contributed by atoms with Crippen LogP contribution < -0.4 is 15.6 Å². The minimum Gasteiger partial charge on any atom is -0.480 e. The predicted octanol–water partition coefficient (Wildman–Crippen LogP) is 6.83. The Balaban J connectivity index is 1.26. The molecule has 0 bridgehead atoms. The second-order valence-electron chi connectivity index (χ2n) is 19.0. The molecule has 4 N–H and O–H groups in total. The van der Waals surface area contributed by atoms with E-state index in [1.54, 1.807) is 20.8 Å². The summed E-state index contributed by atoms with van der Waals surface area (Å²) in [4.78, 5) is 54.0. The number of alkyl carbamates (subject to hydrolysis) is 1. The van der Waals surface area contributed by atoms with Crippen molar-refractivity contribution in [3.63, 3.8) is 0 Å². The number of aryl methyl sites for hydroxylation is 1. The van der Waals surface area contributed by atoms with E-state index >= 15 is 0 Å². The SMILES string of the molecule is CCn1c(-c2cc(N3CCN4CCC[C@@H]4C3)cnc2C(C)C)c(CC(C)(C)CO)c2cc(-c3csc(C[C@H](NC(=O)OC(C)(C)C)C(=O)N4CCC[C@@H](C(=O)O)N4)n3)ccc21. The number of nitrogens with zero attached hydrogens (tertiary/aromatic N) is 6. The third-order valence-electron chi connectivity index (χ3n) is 12.2. The number of thiazole rings is 1. The van der Waals surface area contributed by atoms with Gasteiger partial charge in [-0.3, -0.25) is 24.5 Å². The number of carbonyl (C=O) groups excluding carboxylic acids is 2. The third kappa shape index (κ3) is 9.90. The lowest BCUT2D eigenvalue weighted by Crippen LogP contribution is -2.60. The molecule has 6 heterocycles. The van der Waals surface area contributed by atoms with E-state index in [2.05, 4.69) is 90.2 Å². The molecule has 330 valence electrons. The topological polar surface area (TPSA) is 165 Å². The lowest BCUT2D eigenvalue weighted by atomic mass is 9.84. The summed E-state index contributed by atoms with van der Waals surface area (Å²) in [5.41, 5.74) is 10.0. The van der Waals surface area contributed by atoms with E-state index in [4.69, 9.17) is 14.7 Å². The maximum absolute atomic E-state index is 13.9. The first-order valence-corrected chi connectivity index (χ1v) is 22.8. The highest BCUT2D eigenvalue weighted by molar-refractivity contribution is 7.10. The number of hydrazine groups is 1. The highest BCUT2D eigenvalue weighted by Gasteiger charge is 2.35. The number of carboxylic acids is 1. The van der Waals surface area contributed by atoms with Crippen molar-refractivity contribution in [1.29, 1.82) is 0 Å². The molecule has 1 aromatic carbocycles. The van der Waals surface area contributed by atoms with Crippen LogP contribution in [0.5, 0.6) is 0 Å². The van der Waals surface area contributed by atoms with E-state index in [-0.39, 0.29) is 18.9 Å². The number of aliphatic hydroxyl groups is 1. The molecule has 3 aliphatic heterocycles. The minimum atomic E-state index is -1.05. The van der Waals surface area contributed by atoms with Crippen LogP contribution >= 0.6 is 11.3 Å². The Morgan fingerprint density at radius 2 is 1.82 bits per heavy atom. The number of hydrogen-bond donors (Lipinski definition) is 4. The van der Waals surface area contributed by atoms with Crippen LogP contribution in [0.15, 0.2) is 35.8 Å². The van der Waals surface area contributed by atoms with E-state index in [1.807, 2.05) is 5.38 Å². The normalized spacial score (nSPS) is 19.4. The second kappa shape index (κ2) is 18.0. The van der Waals surface area contributed by atoms with Gasteiger partial charge in [0.2, 0.25) is 0 Å². The average Bonchev–Trinajstić information content (AvgIpc) is 3.96. The number of carboxylic acid groups (broad SMARTS) is 1. The van der Waals surface area contributed by atoms with Gasteiger partial charge in [0, 0.05) is 79.2 Å². The Bertz CT molecular complexity index is 2240. The van der Waals surface area contributed by atoms with Gasteiger partial charge in [-0.15, -0.1) is 11.3 Å². The summed E-state index contributed by atoms with van der Waals surface area (Å²) in [7, 11) is 0. The summed E-state index contributed by atoms with van der Waals surface area (Å²) in [6.45, 7) is 21.4. The predicted molar refractivity (Wildman–Crippen MR) is 240 cm³/mol. The van der Waals surface area contributed by atoms with Gasteiger partial charge in [-0.05, 0) is 101 Å². The molecule has 3 aliphatic rings. The van der Waals surface area contributed by atoms with Crippen molar-refractivity contribution >= 4 is 45.9 Å².